The van der Waals surface area contributed by atoms with E-state index in [2.05, 4.69) is 5.92 Å². The molecular weight excluding hydrogens is 270 g/mol. The van der Waals surface area contributed by atoms with Gasteiger partial charge >= 0.3 is 11.9 Å². The summed E-state index contributed by atoms with van der Waals surface area (Å²) >= 11 is 0. The molecule has 0 unspecified atom stereocenters. The Kier molecular flexibility index (Phi) is 6.82. The number of carboxylic acid groups (broad SMARTS) is 1. The van der Waals surface area contributed by atoms with Crippen molar-refractivity contribution in [1.29, 1.82) is 0 Å². The smallest absolute Gasteiger partial charge is 0.338 e. The molecule has 1 rings (SSSR count). The Morgan fingerprint density at radius 3 is 2.81 bits per heavy atom. The van der Waals surface area contributed by atoms with Gasteiger partial charge < -0.3 is 14.7 Å². The van der Waals surface area contributed by atoms with Crippen molar-refractivity contribution < 1.29 is 19.4 Å². The van der Waals surface area contributed by atoms with Crippen LogP contribution in [0.2, 0.25) is 0 Å². The second-order valence-electron chi connectivity index (χ2n) is 4.46. The second kappa shape index (κ2) is 8.64. The van der Waals surface area contributed by atoms with Gasteiger partial charge in [0.1, 0.15) is 0 Å². The van der Waals surface area contributed by atoms with E-state index in [1.165, 1.54) is 0 Å². The number of ether oxygens (including phenoxy) is 1. The van der Waals surface area contributed by atoms with E-state index in [0.29, 0.717) is 17.9 Å². The number of rotatable bonds is 8. The van der Waals surface area contributed by atoms with Crippen molar-refractivity contribution in [2.45, 2.75) is 19.8 Å². The van der Waals surface area contributed by atoms with Crippen LogP contribution in [0, 0.1) is 12.3 Å². The Morgan fingerprint density at radius 2 is 2.19 bits per heavy atom. The molecule has 0 aliphatic rings. The van der Waals surface area contributed by atoms with E-state index < -0.39 is 11.9 Å². The van der Waals surface area contributed by atoms with Crippen LogP contribution in [0.4, 0.5) is 5.69 Å². The molecule has 1 aromatic rings. The highest BCUT2D eigenvalue weighted by Crippen LogP contribution is 2.17. The van der Waals surface area contributed by atoms with Crippen LogP contribution >= 0.6 is 0 Å². The molecule has 0 radical (unpaired) electrons. The highest BCUT2D eigenvalue weighted by atomic mass is 16.5. The summed E-state index contributed by atoms with van der Waals surface area (Å²) < 4.78 is 5.08. The summed E-state index contributed by atoms with van der Waals surface area (Å²) in [4.78, 5) is 24.2. The van der Waals surface area contributed by atoms with Gasteiger partial charge in [0, 0.05) is 12.2 Å². The van der Waals surface area contributed by atoms with Gasteiger partial charge in [-0.2, -0.15) is 0 Å². The van der Waals surface area contributed by atoms with Gasteiger partial charge in [-0.15, -0.1) is 6.42 Å². The van der Waals surface area contributed by atoms with Crippen molar-refractivity contribution in [2.24, 2.45) is 0 Å². The lowest BCUT2D eigenvalue weighted by Gasteiger charge is -2.22. The second-order valence-corrected chi connectivity index (χ2v) is 4.46. The molecule has 0 aliphatic heterocycles. The fourth-order valence-corrected chi connectivity index (χ4v) is 1.75. The SMILES string of the molecule is C#CCN(CCC(=O)O)c1cccc(C(=O)OCCC)c1. The van der Waals surface area contributed by atoms with Crippen LogP contribution in [-0.2, 0) is 9.53 Å². The van der Waals surface area contributed by atoms with Crippen molar-refractivity contribution in [3.8, 4) is 12.3 Å². The molecule has 0 amide bonds. The zero-order chi connectivity index (χ0) is 15.7. The van der Waals surface area contributed by atoms with Gasteiger partial charge in [-0.05, 0) is 24.6 Å². The highest BCUT2D eigenvalue weighted by Gasteiger charge is 2.12. The Labute approximate surface area is 124 Å². The third-order valence-corrected chi connectivity index (χ3v) is 2.76. The van der Waals surface area contributed by atoms with Gasteiger partial charge in [-0.25, -0.2) is 4.79 Å². The van der Waals surface area contributed by atoms with Crippen LogP contribution in [-0.4, -0.2) is 36.7 Å². The van der Waals surface area contributed by atoms with Gasteiger partial charge in [0.05, 0.1) is 25.1 Å². The largest absolute Gasteiger partial charge is 0.481 e. The lowest BCUT2D eigenvalue weighted by molar-refractivity contribution is -0.136. The number of aliphatic carboxylic acids is 1. The van der Waals surface area contributed by atoms with Crippen LogP contribution < -0.4 is 4.90 Å². The minimum atomic E-state index is -0.893. The number of hydrogen-bond donors (Lipinski definition) is 1. The average molecular weight is 289 g/mol. The molecule has 0 saturated heterocycles. The van der Waals surface area contributed by atoms with Crippen LogP contribution in [0.25, 0.3) is 0 Å². The number of carbonyl (C=O) groups is 2. The average Bonchev–Trinajstić information content (AvgIpc) is 2.49. The summed E-state index contributed by atoms with van der Waals surface area (Å²) in [5.41, 5.74) is 1.14. The molecule has 0 bridgehead atoms. The molecule has 0 aromatic heterocycles. The predicted octanol–water partition coefficient (Wildman–Crippen LogP) is 2.17. The summed E-state index contributed by atoms with van der Waals surface area (Å²) in [6.45, 7) is 2.86. The van der Waals surface area contributed by atoms with E-state index in [1.54, 1.807) is 29.2 Å². The number of carboxylic acids is 1. The number of nitrogens with zero attached hydrogens (tertiary/aromatic N) is 1. The third kappa shape index (κ3) is 5.57. The number of benzene rings is 1. The third-order valence-electron chi connectivity index (χ3n) is 2.76. The van der Waals surface area contributed by atoms with Gasteiger partial charge in [0.15, 0.2) is 0 Å². The van der Waals surface area contributed by atoms with Crippen LogP contribution in [0.15, 0.2) is 24.3 Å². The molecule has 5 heteroatoms. The van der Waals surface area contributed by atoms with E-state index in [4.69, 9.17) is 16.3 Å². The molecule has 0 heterocycles. The number of esters is 1. The standard InChI is InChI=1S/C16H19NO4/c1-3-9-17(10-8-15(18)19)14-7-5-6-13(12-14)16(20)21-11-4-2/h1,5-7,12H,4,8-11H2,2H3,(H,18,19). The van der Waals surface area contributed by atoms with Crippen molar-refractivity contribution in [3.05, 3.63) is 29.8 Å². The number of hydrogen-bond acceptors (Lipinski definition) is 4. The minimum Gasteiger partial charge on any atom is -0.481 e. The highest BCUT2D eigenvalue weighted by molar-refractivity contribution is 5.90. The number of anilines is 1. The van der Waals surface area contributed by atoms with E-state index in [1.807, 2.05) is 6.92 Å². The molecule has 0 saturated carbocycles. The van der Waals surface area contributed by atoms with Gasteiger partial charge in [0.2, 0.25) is 0 Å². The first-order valence-electron chi connectivity index (χ1n) is 6.75. The van der Waals surface area contributed by atoms with Gasteiger partial charge in [0.25, 0.3) is 0 Å². The van der Waals surface area contributed by atoms with Crippen LogP contribution in [0.5, 0.6) is 0 Å². The summed E-state index contributed by atoms with van der Waals surface area (Å²) in [7, 11) is 0. The maximum atomic E-state index is 11.8. The maximum absolute atomic E-state index is 11.8. The van der Waals surface area contributed by atoms with E-state index >= 15 is 0 Å². The summed E-state index contributed by atoms with van der Waals surface area (Å²) in [5.74, 6) is 1.21. The Balaban J connectivity index is 2.86. The Morgan fingerprint density at radius 1 is 1.43 bits per heavy atom. The number of terminal acetylenes is 1. The first kappa shape index (κ1) is 16.6. The first-order valence-corrected chi connectivity index (χ1v) is 6.75. The van der Waals surface area contributed by atoms with Gasteiger partial charge in [-0.3, -0.25) is 4.79 Å². The lowest BCUT2D eigenvalue weighted by atomic mass is 10.2. The molecule has 1 N–H and O–H groups in total. The monoisotopic (exact) mass is 289 g/mol. The van der Waals surface area contributed by atoms with Gasteiger partial charge in [-0.1, -0.05) is 18.9 Å². The normalized spacial score (nSPS) is 9.71. The molecule has 112 valence electrons. The molecule has 21 heavy (non-hydrogen) atoms. The Hall–Kier alpha value is -2.48. The van der Waals surface area contributed by atoms with Crippen LogP contribution in [0.3, 0.4) is 0 Å². The van der Waals surface area contributed by atoms with Crippen molar-refractivity contribution in [3.63, 3.8) is 0 Å². The topological polar surface area (TPSA) is 66.8 Å². The minimum absolute atomic E-state index is 0.0216. The lowest BCUT2D eigenvalue weighted by Crippen LogP contribution is -2.26. The molecule has 5 nitrogen and oxygen atoms in total. The van der Waals surface area contributed by atoms with E-state index in [0.717, 1.165) is 6.42 Å². The van der Waals surface area contributed by atoms with Crippen molar-refractivity contribution in [2.75, 3.05) is 24.6 Å². The van der Waals surface area contributed by atoms with Crippen LogP contribution in [0.1, 0.15) is 30.1 Å². The summed E-state index contributed by atoms with van der Waals surface area (Å²) in [6.07, 6.45) is 6.04. The van der Waals surface area contributed by atoms with Crippen molar-refractivity contribution >= 4 is 17.6 Å². The molecule has 0 spiro atoms. The maximum Gasteiger partial charge on any atom is 0.338 e. The molecule has 0 atom stereocenters. The first-order chi connectivity index (χ1) is 10.1. The summed E-state index contributed by atoms with van der Waals surface area (Å²) in [5, 5.41) is 8.76. The van der Waals surface area contributed by atoms with E-state index in [-0.39, 0.29) is 19.5 Å². The zero-order valence-electron chi connectivity index (χ0n) is 12.0. The Bertz CT molecular complexity index is 533. The van der Waals surface area contributed by atoms with Crippen molar-refractivity contribution in [1.82, 2.24) is 0 Å². The molecular formula is C16H19NO4. The molecule has 0 aliphatic carbocycles. The predicted molar refractivity (Wildman–Crippen MR) is 80.3 cm³/mol. The fraction of sp³-hybridized carbons (Fsp3) is 0.375. The fourth-order valence-electron chi connectivity index (χ4n) is 1.75. The molecule has 1 aromatic carbocycles. The number of carbonyl (C=O) groups excluding carboxylic acids is 1. The zero-order valence-corrected chi connectivity index (χ0v) is 12.0. The molecule has 0 fully saturated rings. The van der Waals surface area contributed by atoms with E-state index in [9.17, 15) is 9.59 Å². The summed E-state index contributed by atoms with van der Waals surface area (Å²) in [6, 6.07) is 6.84. The quantitative estimate of drug-likeness (QED) is 0.587.